The molecule has 1 fully saturated rings. The number of pyridine rings is 1. The first kappa shape index (κ1) is 14.5. The molecule has 0 saturated heterocycles. The van der Waals surface area contributed by atoms with Crippen molar-refractivity contribution in [2.45, 2.75) is 58.0 Å². The van der Waals surface area contributed by atoms with E-state index in [1.54, 1.807) is 0 Å². The molecule has 19 heavy (non-hydrogen) atoms. The summed E-state index contributed by atoms with van der Waals surface area (Å²) in [6, 6.07) is 4.62. The molecule has 3 heteroatoms. The van der Waals surface area contributed by atoms with Crippen LogP contribution in [-0.4, -0.2) is 22.7 Å². The number of hydrogen-bond acceptors (Lipinski definition) is 3. The fraction of sp³-hybridized carbons (Fsp3) is 0.688. The zero-order valence-corrected chi connectivity index (χ0v) is 11.9. The summed E-state index contributed by atoms with van der Waals surface area (Å²) in [7, 11) is 0. The SMILES string of the molecule is Cc1ccc(CN[C@@H](CCO)C2CCCCC2)nc1. The van der Waals surface area contributed by atoms with Crippen LogP contribution < -0.4 is 5.32 Å². The van der Waals surface area contributed by atoms with Gasteiger partial charge in [-0.3, -0.25) is 4.98 Å². The van der Waals surface area contributed by atoms with Gasteiger partial charge in [0.25, 0.3) is 0 Å². The monoisotopic (exact) mass is 262 g/mol. The minimum absolute atomic E-state index is 0.273. The zero-order valence-electron chi connectivity index (χ0n) is 11.9. The van der Waals surface area contributed by atoms with E-state index in [1.165, 1.54) is 37.7 Å². The highest BCUT2D eigenvalue weighted by Crippen LogP contribution is 2.27. The normalized spacial score (nSPS) is 18.4. The second kappa shape index (κ2) is 7.61. The molecule has 1 saturated carbocycles. The van der Waals surface area contributed by atoms with Crippen molar-refractivity contribution in [3.05, 3.63) is 29.6 Å². The van der Waals surface area contributed by atoms with Crippen molar-refractivity contribution in [3.8, 4) is 0 Å². The number of nitrogens with one attached hydrogen (secondary N) is 1. The van der Waals surface area contributed by atoms with Crippen molar-refractivity contribution >= 4 is 0 Å². The molecule has 0 spiro atoms. The summed E-state index contributed by atoms with van der Waals surface area (Å²) >= 11 is 0. The molecule has 2 rings (SSSR count). The predicted molar refractivity (Wildman–Crippen MR) is 77.9 cm³/mol. The highest BCUT2D eigenvalue weighted by Gasteiger charge is 2.22. The summed E-state index contributed by atoms with van der Waals surface area (Å²) < 4.78 is 0. The lowest BCUT2D eigenvalue weighted by molar-refractivity contribution is 0.205. The fourth-order valence-electron chi connectivity index (χ4n) is 3.02. The van der Waals surface area contributed by atoms with Crippen molar-refractivity contribution in [2.24, 2.45) is 5.92 Å². The van der Waals surface area contributed by atoms with E-state index in [2.05, 4.69) is 29.4 Å². The van der Waals surface area contributed by atoms with Crippen LogP contribution >= 0.6 is 0 Å². The van der Waals surface area contributed by atoms with Gasteiger partial charge in [0.2, 0.25) is 0 Å². The van der Waals surface area contributed by atoms with E-state index in [0.29, 0.717) is 6.04 Å². The average Bonchev–Trinajstić information content (AvgIpc) is 2.46. The molecule has 0 aliphatic heterocycles. The fourth-order valence-corrected chi connectivity index (χ4v) is 3.02. The molecule has 0 aromatic carbocycles. The molecule has 1 aromatic heterocycles. The molecule has 0 radical (unpaired) electrons. The van der Waals surface area contributed by atoms with Crippen LogP contribution in [0.5, 0.6) is 0 Å². The third kappa shape index (κ3) is 4.59. The first-order valence-corrected chi connectivity index (χ1v) is 7.55. The Morgan fingerprint density at radius 3 is 2.74 bits per heavy atom. The predicted octanol–water partition coefficient (Wildman–Crippen LogP) is 2.81. The second-order valence-electron chi connectivity index (χ2n) is 5.72. The minimum atomic E-state index is 0.273. The van der Waals surface area contributed by atoms with Gasteiger partial charge >= 0.3 is 0 Å². The largest absolute Gasteiger partial charge is 0.396 e. The molecule has 2 N–H and O–H groups in total. The molecular formula is C16H26N2O. The standard InChI is InChI=1S/C16H26N2O/c1-13-7-8-15(17-11-13)12-18-16(9-10-19)14-5-3-2-4-6-14/h7-8,11,14,16,18-19H,2-6,9-10,12H2,1H3/t16-/m0/s1. The number of aliphatic hydroxyl groups is 1. The molecular weight excluding hydrogens is 236 g/mol. The summed E-state index contributed by atoms with van der Waals surface area (Å²) in [6.45, 7) is 3.14. The van der Waals surface area contributed by atoms with Crippen molar-refractivity contribution in [3.63, 3.8) is 0 Å². The Morgan fingerprint density at radius 1 is 1.32 bits per heavy atom. The molecule has 3 nitrogen and oxygen atoms in total. The Morgan fingerprint density at radius 2 is 2.11 bits per heavy atom. The molecule has 1 aliphatic rings. The number of hydrogen-bond donors (Lipinski definition) is 2. The third-order valence-electron chi connectivity index (χ3n) is 4.18. The minimum Gasteiger partial charge on any atom is -0.396 e. The molecule has 106 valence electrons. The first-order valence-electron chi connectivity index (χ1n) is 7.55. The smallest absolute Gasteiger partial charge is 0.0541 e. The van der Waals surface area contributed by atoms with Crippen LogP contribution in [0.15, 0.2) is 18.3 Å². The second-order valence-corrected chi connectivity index (χ2v) is 5.72. The van der Waals surface area contributed by atoms with Crippen LogP contribution in [0.2, 0.25) is 0 Å². The van der Waals surface area contributed by atoms with Gasteiger partial charge in [0.15, 0.2) is 0 Å². The molecule has 0 bridgehead atoms. The van der Waals surface area contributed by atoms with Crippen LogP contribution in [0, 0.1) is 12.8 Å². The van der Waals surface area contributed by atoms with Crippen molar-refractivity contribution in [1.82, 2.24) is 10.3 Å². The third-order valence-corrected chi connectivity index (χ3v) is 4.18. The summed E-state index contributed by atoms with van der Waals surface area (Å²) in [5.41, 5.74) is 2.28. The van der Waals surface area contributed by atoms with Gasteiger partial charge in [-0.25, -0.2) is 0 Å². The Hall–Kier alpha value is -0.930. The zero-order chi connectivity index (χ0) is 13.5. The van der Waals surface area contributed by atoms with Gasteiger partial charge in [0.1, 0.15) is 0 Å². The van der Waals surface area contributed by atoms with Crippen LogP contribution in [0.1, 0.15) is 49.8 Å². The first-order chi connectivity index (χ1) is 9.29. The number of aliphatic hydroxyl groups excluding tert-OH is 1. The molecule has 0 amide bonds. The van der Waals surface area contributed by atoms with Crippen molar-refractivity contribution < 1.29 is 5.11 Å². The summed E-state index contributed by atoms with van der Waals surface area (Å²) in [5.74, 6) is 0.728. The molecule has 1 aromatic rings. The van der Waals surface area contributed by atoms with Crippen LogP contribution in [0.25, 0.3) is 0 Å². The summed E-state index contributed by atoms with van der Waals surface area (Å²) in [4.78, 5) is 4.43. The van der Waals surface area contributed by atoms with E-state index in [-0.39, 0.29) is 6.61 Å². The van der Waals surface area contributed by atoms with Gasteiger partial charge < -0.3 is 10.4 Å². The van der Waals surface area contributed by atoms with E-state index in [1.807, 2.05) is 6.20 Å². The van der Waals surface area contributed by atoms with Crippen LogP contribution in [-0.2, 0) is 6.54 Å². The van der Waals surface area contributed by atoms with E-state index in [0.717, 1.165) is 24.6 Å². The highest BCUT2D eigenvalue weighted by molar-refractivity contribution is 5.12. The highest BCUT2D eigenvalue weighted by atomic mass is 16.3. The maximum Gasteiger partial charge on any atom is 0.0541 e. The Balaban J connectivity index is 1.87. The van der Waals surface area contributed by atoms with Crippen molar-refractivity contribution in [1.29, 1.82) is 0 Å². The number of aryl methyl sites for hydroxylation is 1. The number of aromatic nitrogens is 1. The van der Waals surface area contributed by atoms with Crippen molar-refractivity contribution in [2.75, 3.05) is 6.61 Å². The lowest BCUT2D eigenvalue weighted by Gasteiger charge is -2.30. The molecule has 1 atom stereocenters. The van der Waals surface area contributed by atoms with Gasteiger partial charge in [-0.1, -0.05) is 25.3 Å². The van der Waals surface area contributed by atoms with Gasteiger partial charge in [-0.15, -0.1) is 0 Å². The molecule has 1 aliphatic carbocycles. The average molecular weight is 262 g/mol. The van der Waals surface area contributed by atoms with E-state index in [9.17, 15) is 5.11 Å². The number of nitrogens with zero attached hydrogens (tertiary/aromatic N) is 1. The lowest BCUT2D eigenvalue weighted by Crippen LogP contribution is -2.37. The quantitative estimate of drug-likeness (QED) is 0.828. The van der Waals surface area contributed by atoms with Gasteiger partial charge in [-0.2, -0.15) is 0 Å². The van der Waals surface area contributed by atoms with E-state index < -0.39 is 0 Å². The molecule has 1 heterocycles. The lowest BCUT2D eigenvalue weighted by atomic mass is 9.82. The van der Waals surface area contributed by atoms with Gasteiger partial charge in [0, 0.05) is 25.4 Å². The Bertz CT molecular complexity index is 358. The number of rotatable bonds is 6. The summed E-state index contributed by atoms with van der Waals surface area (Å²) in [6.07, 6.45) is 9.45. The maximum atomic E-state index is 9.25. The van der Waals surface area contributed by atoms with Crippen LogP contribution in [0.3, 0.4) is 0 Å². The van der Waals surface area contributed by atoms with Crippen LogP contribution in [0.4, 0.5) is 0 Å². The maximum absolute atomic E-state index is 9.25. The van der Waals surface area contributed by atoms with E-state index in [4.69, 9.17) is 0 Å². The Kier molecular flexibility index (Phi) is 5.80. The molecule has 0 unspecified atom stereocenters. The van der Waals surface area contributed by atoms with E-state index >= 15 is 0 Å². The summed E-state index contributed by atoms with van der Waals surface area (Å²) in [5, 5.41) is 12.8. The Labute approximate surface area is 116 Å². The van der Waals surface area contributed by atoms with Gasteiger partial charge in [0.05, 0.1) is 5.69 Å². The topological polar surface area (TPSA) is 45.1 Å². The van der Waals surface area contributed by atoms with Gasteiger partial charge in [-0.05, 0) is 43.7 Å².